The van der Waals surface area contributed by atoms with E-state index in [0.29, 0.717) is 18.8 Å². The van der Waals surface area contributed by atoms with Crippen molar-refractivity contribution in [1.82, 2.24) is 5.32 Å². The van der Waals surface area contributed by atoms with Gasteiger partial charge < -0.3 is 31.7 Å². The van der Waals surface area contributed by atoms with Crippen molar-refractivity contribution in [3.05, 3.63) is 24.3 Å². The molecule has 1 heterocycles. The fourth-order valence-corrected chi connectivity index (χ4v) is 3.23. The highest BCUT2D eigenvalue weighted by Crippen LogP contribution is 2.30. The maximum atomic E-state index is 12.4. The van der Waals surface area contributed by atoms with Gasteiger partial charge in [-0.25, -0.2) is 4.79 Å². The van der Waals surface area contributed by atoms with Crippen LogP contribution < -0.4 is 16.8 Å². The minimum absolute atomic E-state index is 0.0843. The van der Waals surface area contributed by atoms with Gasteiger partial charge in [-0.2, -0.15) is 0 Å². The maximum absolute atomic E-state index is 12.4. The first-order valence-corrected chi connectivity index (χ1v) is 10.4. The summed E-state index contributed by atoms with van der Waals surface area (Å²) >= 11 is 0. The van der Waals surface area contributed by atoms with Gasteiger partial charge in [0.2, 0.25) is 17.5 Å². The second kappa shape index (κ2) is 12.9. The van der Waals surface area contributed by atoms with Gasteiger partial charge in [0.25, 0.3) is 0 Å². The Labute approximate surface area is 182 Å². The summed E-state index contributed by atoms with van der Waals surface area (Å²) in [5.74, 6) is -3.94. The normalized spacial score (nSPS) is 22.5. The molecule has 1 fully saturated rings. The van der Waals surface area contributed by atoms with Crippen LogP contribution in [-0.2, 0) is 19.1 Å². The molecule has 0 aromatic heterocycles. The summed E-state index contributed by atoms with van der Waals surface area (Å²) in [6, 6.07) is -1.09. The van der Waals surface area contributed by atoms with E-state index >= 15 is 0 Å². The van der Waals surface area contributed by atoms with E-state index in [1.165, 1.54) is 12.2 Å². The highest BCUT2D eigenvalue weighted by molar-refractivity contribution is 5.96. The van der Waals surface area contributed by atoms with Crippen molar-refractivity contribution in [1.29, 1.82) is 0 Å². The number of aliphatic hydroxyl groups is 1. The highest BCUT2D eigenvalue weighted by atomic mass is 16.6. The number of ketones is 1. The Hall–Kier alpha value is -2.72. The summed E-state index contributed by atoms with van der Waals surface area (Å²) in [6.45, 7) is 4.35. The first-order chi connectivity index (χ1) is 14.5. The number of carbonyl (C=O) groups excluding carboxylic acids is 2. The summed E-state index contributed by atoms with van der Waals surface area (Å²) in [4.78, 5) is 39.3. The van der Waals surface area contributed by atoms with Crippen molar-refractivity contribution >= 4 is 23.6 Å². The van der Waals surface area contributed by atoms with Crippen LogP contribution in [0.2, 0.25) is 0 Å². The molecule has 31 heavy (non-hydrogen) atoms. The standard InChI is InChI=1S/C21H34N4O6/c1-14(2)13-15-7-5-11-21(30,31-15)17(26)9-3-4-10-18(27)25-16(19(28)29)8-6-12-24-20(22)23/h3-4,9-10,14-16,30H,5-8,11-13H2,1-2H3,(H,25,27)(H,28,29)(H4,22,23,24)/b9-3+,10-4+/t15-,16+,21+/m1/s1. The van der Waals surface area contributed by atoms with Gasteiger partial charge in [-0.3, -0.25) is 14.6 Å². The Morgan fingerprint density at radius 2 is 1.94 bits per heavy atom. The van der Waals surface area contributed by atoms with Gasteiger partial charge >= 0.3 is 5.97 Å². The van der Waals surface area contributed by atoms with Crippen molar-refractivity contribution in [3.8, 4) is 0 Å². The molecule has 0 bridgehead atoms. The number of carboxylic acids is 1. The summed E-state index contributed by atoms with van der Waals surface area (Å²) in [5, 5.41) is 22.1. The second-order valence-corrected chi connectivity index (χ2v) is 7.98. The van der Waals surface area contributed by atoms with Gasteiger partial charge in [0.15, 0.2) is 5.96 Å². The predicted octanol–water partition coefficient (Wildman–Crippen LogP) is 0.595. The number of nitrogens with zero attached hydrogens (tertiary/aromatic N) is 1. The Morgan fingerprint density at radius 3 is 2.55 bits per heavy atom. The predicted molar refractivity (Wildman–Crippen MR) is 116 cm³/mol. The van der Waals surface area contributed by atoms with Gasteiger partial charge in [-0.05, 0) is 44.1 Å². The number of aliphatic imine (C=N–C) groups is 1. The molecular formula is C21H34N4O6. The molecule has 0 aromatic carbocycles. The third-order valence-electron chi connectivity index (χ3n) is 4.69. The lowest BCUT2D eigenvalue weighted by atomic mass is 9.93. The van der Waals surface area contributed by atoms with Crippen LogP contribution in [0.1, 0.15) is 52.4 Å². The number of ether oxygens (including phenoxy) is 1. The number of nitrogens with one attached hydrogen (secondary N) is 1. The second-order valence-electron chi connectivity index (χ2n) is 7.98. The van der Waals surface area contributed by atoms with E-state index < -0.39 is 29.5 Å². The molecule has 10 heteroatoms. The van der Waals surface area contributed by atoms with Gasteiger partial charge in [-0.1, -0.05) is 26.0 Å². The van der Waals surface area contributed by atoms with E-state index in [9.17, 15) is 24.6 Å². The van der Waals surface area contributed by atoms with Gasteiger partial charge in [0, 0.05) is 19.0 Å². The fourth-order valence-electron chi connectivity index (χ4n) is 3.23. The molecule has 0 radical (unpaired) electrons. The van der Waals surface area contributed by atoms with E-state index in [1.54, 1.807) is 0 Å². The Balaban J connectivity index is 2.54. The lowest BCUT2D eigenvalue weighted by Crippen LogP contribution is -2.46. The fraction of sp³-hybridized carbons (Fsp3) is 0.619. The van der Waals surface area contributed by atoms with Crippen LogP contribution in [0.5, 0.6) is 0 Å². The Morgan fingerprint density at radius 1 is 1.26 bits per heavy atom. The van der Waals surface area contributed by atoms with Crippen LogP contribution in [0.15, 0.2) is 29.3 Å². The molecule has 1 aliphatic heterocycles. The minimum Gasteiger partial charge on any atom is -0.480 e. The quantitative estimate of drug-likeness (QED) is 0.0966. The number of hydrogen-bond acceptors (Lipinski definition) is 6. The molecule has 7 N–H and O–H groups in total. The zero-order chi connectivity index (χ0) is 23.4. The number of guanidine groups is 1. The highest BCUT2D eigenvalue weighted by Gasteiger charge is 2.40. The molecule has 1 rings (SSSR count). The van der Waals surface area contributed by atoms with Gasteiger partial charge in [0.1, 0.15) is 6.04 Å². The molecule has 174 valence electrons. The number of amides is 1. The summed E-state index contributed by atoms with van der Waals surface area (Å²) < 4.78 is 5.63. The van der Waals surface area contributed by atoms with E-state index in [1.807, 2.05) is 13.8 Å². The Bertz CT molecular complexity index is 715. The van der Waals surface area contributed by atoms with E-state index in [-0.39, 0.29) is 31.4 Å². The molecule has 1 saturated heterocycles. The number of carbonyl (C=O) groups is 3. The number of aliphatic carboxylic acids is 1. The number of allylic oxidation sites excluding steroid dienone is 2. The smallest absolute Gasteiger partial charge is 0.326 e. The van der Waals surface area contributed by atoms with Gasteiger partial charge in [0.05, 0.1) is 6.10 Å². The maximum Gasteiger partial charge on any atom is 0.326 e. The molecule has 0 saturated carbocycles. The number of carboxylic acid groups (broad SMARTS) is 1. The average Bonchev–Trinajstić information content (AvgIpc) is 2.66. The molecule has 1 aliphatic rings. The first-order valence-electron chi connectivity index (χ1n) is 10.4. The van der Waals surface area contributed by atoms with Crippen LogP contribution in [0.25, 0.3) is 0 Å². The third kappa shape index (κ3) is 10.2. The van der Waals surface area contributed by atoms with Crippen LogP contribution in [-0.4, -0.2) is 58.3 Å². The zero-order valence-electron chi connectivity index (χ0n) is 18.1. The largest absolute Gasteiger partial charge is 0.480 e. The molecule has 0 aliphatic carbocycles. The summed E-state index contributed by atoms with van der Waals surface area (Å²) in [6.07, 6.45) is 7.68. The van der Waals surface area contributed by atoms with Crippen molar-refractivity contribution in [2.24, 2.45) is 22.4 Å². The lowest BCUT2D eigenvalue weighted by Gasteiger charge is -2.36. The molecular weight excluding hydrogens is 404 g/mol. The van der Waals surface area contributed by atoms with E-state index in [2.05, 4.69) is 10.3 Å². The van der Waals surface area contributed by atoms with E-state index in [4.69, 9.17) is 16.2 Å². The van der Waals surface area contributed by atoms with Crippen molar-refractivity contribution in [3.63, 3.8) is 0 Å². The van der Waals surface area contributed by atoms with Crippen LogP contribution in [0.4, 0.5) is 0 Å². The topological polar surface area (TPSA) is 177 Å². The molecule has 1 amide bonds. The van der Waals surface area contributed by atoms with Crippen LogP contribution in [0, 0.1) is 5.92 Å². The summed E-state index contributed by atoms with van der Waals surface area (Å²) in [5.41, 5.74) is 10.4. The minimum atomic E-state index is -1.85. The number of hydrogen-bond donors (Lipinski definition) is 5. The van der Waals surface area contributed by atoms with E-state index in [0.717, 1.165) is 25.0 Å². The molecule has 0 aromatic rings. The first kappa shape index (κ1) is 26.3. The molecule has 0 unspecified atom stereocenters. The van der Waals surface area contributed by atoms with Crippen LogP contribution in [0.3, 0.4) is 0 Å². The van der Waals surface area contributed by atoms with Crippen molar-refractivity contribution < 1.29 is 29.3 Å². The van der Waals surface area contributed by atoms with Crippen molar-refractivity contribution in [2.75, 3.05) is 6.54 Å². The molecule has 0 spiro atoms. The summed E-state index contributed by atoms with van der Waals surface area (Å²) in [7, 11) is 0. The zero-order valence-corrected chi connectivity index (χ0v) is 18.1. The third-order valence-corrected chi connectivity index (χ3v) is 4.69. The average molecular weight is 439 g/mol. The number of rotatable bonds is 12. The molecule has 3 atom stereocenters. The Kier molecular flexibility index (Phi) is 10.9. The number of nitrogens with two attached hydrogens (primary N) is 2. The lowest BCUT2D eigenvalue weighted by molar-refractivity contribution is -0.240. The monoisotopic (exact) mass is 438 g/mol. The molecule has 10 nitrogen and oxygen atoms in total. The SMILES string of the molecule is CC(C)C[C@H]1CCC[C@@](O)(C(=O)/C=C/C=C/C(=O)N[C@@H](CCCN=C(N)N)C(=O)O)O1. The van der Waals surface area contributed by atoms with Gasteiger partial charge in [-0.15, -0.1) is 0 Å². The van der Waals surface area contributed by atoms with Crippen LogP contribution >= 0.6 is 0 Å². The van der Waals surface area contributed by atoms with Crippen molar-refractivity contribution in [2.45, 2.75) is 70.3 Å².